The summed E-state index contributed by atoms with van der Waals surface area (Å²) in [5, 5.41) is 0. The van der Waals surface area contributed by atoms with Crippen LogP contribution in [0.2, 0.25) is 0 Å². The second-order valence-corrected chi connectivity index (χ2v) is 8.08. The van der Waals surface area contributed by atoms with Crippen molar-refractivity contribution in [2.45, 2.75) is 38.5 Å². The van der Waals surface area contributed by atoms with Crippen molar-refractivity contribution in [1.82, 2.24) is 4.31 Å². The Hall–Kier alpha value is -0.460. The molecule has 1 atom stereocenters. The van der Waals surface area contributed by atoms with Crippen molar-refractivity contribution in [3.8, 4) is 0 Å². The van der Waals surface area contributed by atoms with Crippen LogP contribution in [0.4, 0.5) is 0 Å². The summed E-state index contributed by atoms with van der Waals surface area (Å²) in [6.45, 7) is 1.52. The second-order valence-electron chi connectivity index (χ2n) is 6.09. The van der Waals surface area contributed by atoms with Gasteiger partial charge in [0, 0.05) is 31.5 Å². The van der Waals surface area contributed by atoms with Crippen molar-refractivity contribution in [2.75, 3.05) is 25.9 Å². The molecule has 2 aliphatic rings. The Morgan fingerprint density at radius 1 is 1.37 bits per heavy atom. The number of nitrogens with two attached hydrogens (primary N) is 1. The minimum Gasteiger partial charge on any atom is -0.329 e. The van der Waals surface area contributed by atoms with Crippen LogP contribution in [0.25, 0.3) is 0 Å². The zero-order chi connectivity index (χ0) is 14.1. The summed E-state index contributed by atoms with van der Waals surface area (Å²) in [5.74, 6) is 0.418. The average molecular weight is 288 g/mol. The molecule has 0 aromatic carbocycles. The van der Waals surface area contributed by atoms with E-state index in [4.69, 9.17) is 5.73 Å². The lowest BCUT2D eigenvalue weighted by molar-refractivity contribution is -0.134. The maximum absolute atomic E-state index is 12.4. The van der Waals surface area contributed by atoms with E-state index in [9.17, 15) is 13.2 Å². The third kappa shape index (κ3) is 3.17. The fourth-order valence-electron chi connectivity index (χ4n) is 3.17. The molecule has 0 radical (unpaired) electrons. The van der Waals surface area contributed by atoms with Crippen molar-refractivity contribution < 1.29 is 13.2 Å². The van der Waals surface area contributed by atoms with Gasteiger partial charge in [0.2, 0.25) is 10.0 Å². The Balaban J connectivity index is 1.94. The molecule has 1 saturated carbocycles. The van der Waals surface area contributed by atoms with E-state index in [0.29, 0.717) is 26.1 Å². The van der Waals surface area contributed by atoms with Gasteiger partial charge in [-0.3, -0.25) is 4.79 Å². The quantitative estimate of drug-likeness (QED) is 0.809. The normalized spacial score (nSPS) is 27.8. The predicted molar refractivity (Wildman–Crippen MR) is 74.1 cm³/mol. The van der Waals surface area contributed by atoms with E-state index in [-0.39, 0.29) is 17.1 Å². The molecule has 2 N–H and O–H groups in total. The lowest BCUT2D eigenvalue weighted by Crippen LogP contribution is -2.46. The van der Waals surface area contributed by atoms with Gasteiger partial charge in [0.15, 0.2) is 0 Å². The van der Waals surface area contributed by atoms with Crippen LogP contribution in [0.1, 0.15) is 38.5 Å². The van der Waals surface area contributed by atoms with Crippen LogP contribution in [0.5, 0.6) is 0 Å². The molecule has 1 unspecified atom stereocenters. The molecule has 2 rings (SSSR count). The van der Waals surface area contributed by atoms with Gasteiger partial charge >= 0.3 is 0 Å². The van der Waals surface area contributed by atoms with Gasteiger partial charge in [0.1, 0.15) is 5.78 Å². The Morgan fingerprint density at radius 3 is 2.53 bits per heavy atom. The van der Waals surface area contributed by atoms with Gasteiger partial charge in [-0.2, -0.15) is 0 Å². The average Bonchev–Trinajstić information content (AvgIpc) is 2.27. The fraction of sp³-hybridized carbons (Fsp3) is 0.923. The fourth-order valence-corrected chi connectivity index (χ4v) is 4.12. The molecule has 0 amide bonds. The molecule has 19 heavy (non-hydrogen) atoms. The van der Waals surface area contributed by atoms with Crippen LogP contribution in [-0.2, 0) is 14.8 Å². The number of piperidine rings is 1. The summed E-state index contributed by atoms with van der Waals surface area (Å²) in [6, 6.07) is 0. The lowest BCUT2D eigenvalue weighted by Gasteiger charge is -2.41. The molecule has 110 valence electrons. The van der Waals surface area contributed by atoms with Crippen LogP contribution in [0.15, 0.2) is 0 Å². The van der Waals surface area contributed by atoms with Crippen LogP contribution < -0.4 is 5.73 Å². The highest BCUT2D eigenvalue weighted by atomic mass is 32.2. The highest BCUT2D eigenvalue weighted by molar-refractivity contribution is 7.88. The van der Waals surface area contributed by atoms with Crippen molar-refractivity contribution >= 4 is 15.8 Å². The number of nitrogens with zero attached hydrogens (tertiary/aromatic N) is 1. The van der Waals surface area contributed by atoms with Crippen LogP contribution in [0.3, 0.4) is 0 Å². The molecule has 1 heterocycles. The van der Waals surface area contributed by atoms with Gasteiger partial charge in [-0.15, -0.1) is 0 Å². The highest BCUT2D eigenvalue weighted by Gasteiger charge is 2.43. The van der Waals surface area contributed by atoms with Crippen LogP contribution in [0, 0.1) is 11.3 Å². The topological polar surface area (TPSA) is 80.5 Å². The number of sulfonamides is 1. The Labute approximate surface area is 115 Å². The zero-order valence-electron chi connectivity index (χ0n) is 11.6. The first-order valence-electron chi connectivity index (χ1n) is 7.06. The molecule has 0 spiro atoms. The minimum atomic E-state index is -3.13. The van der Waals surface area contributed by atoms with E-state index in [2.05, 4.69) is 0 Å². The van der Waals surface area contributed by atoms with Crippen molar-refractivity contribution in [3.63, 3.8) is 0 Å². The predicted octanol–water partition coefficient (Wildman–Crippen LogP) is 0.746. The molecule has 5 nitrogen and oxygen atoms in total. The minimum absolute atomic E-state index is 0.167. The molecular weight excluding hydrogens is 264 g/mol. The molecular formula is C13H24N2O3S. The molecule has 1 saturated heterocycles. The van der Waals surface area contributed by atoms with Gasteiger partial charge in [0.05, 0.1) is 6.26 Å². The summed E-state index contributed by atoms with van der Waals surface area (Å²) < 4.78 is 24.6. The molecule has 1 aliphatic carbocycles. The number of carbonyl (C=O) groups excluding carboxylic acids is 1. The number of hydrogen-bond donors (Lipinski definition) is 1. The standard InChI is InChI=1S/C13H24N2O3S/c1-19(17,18)15-7-2-4-11(9-15)8-12(16)13(10-14)5-3-6-13/h11H,2-10,14H2,1H3. The third-order valence-corrected chi connectivity index (χ3v) is 5.99. The van der Waals surface area contributed by atoms with E-state index in [1.807, 2.05) is 0 Å². The second kappa shape index (κ2) is 5.50. The summed E-state index contributed by atoms with van der Waals surface area (Å²) in [5.41, 5.74) is 5.46. The van der Waals surface area contributed by atoms with E-state index in [0.717, 1.165) is 32.1 Å². The van der Waals surface area contributed by atoms with Gasteiger partial charge in [-0.1, -0.05) is 6.42 Å². The van der Waals surface area contributed by atoms with E-state index in [1.165, 1.54) is 10.6 Å². The monoisotopic (exact) mass is 288 g/mol. The Morgan fingerprint density at radius 2 is 2.05 bits per heavy atom. The van der Waals surface area contributed by atoms with Crippen molar-refractivity contribution in [2.24, 2.45) is 17.1 Å². The smallest absolute Gasteiger partial charge is 0.211 e. The number of carbonyl (C=O) groups is 1. The SMILES string of the molecule is CS(=O)(=O)N1CCCC(CC(=O)C2(CN)CCC2)C1. The van der Waals surface area contributed by atoms with Crippen LogP contribution in [-0.4, -0.2) is 44.4 Å². The molecule has 0 aromatic rings. The number of Topliss-reactive ketones (excluding diaryl/α,β-unsaturated/α-hetero) is 1. The molecule has 1 aliphatic heterocycles. The highest BCUT2D eigenvalue weighted by Crippen LogP contribution is 2.42. The number of ketones is 1. The Kier molecular flexibility index (Phi) is 4.32. The first-order valence-corrected chi connectivity index (χ1v) is 8.91. The number of hydrogen-bond acceptors (Lipinski definition) is 4. The van der Waals surface area contributed by atoms with Gasteiger partial charge in [0.25, 0.3) is 0 Å². The number of rotatable bonds is 5. The first kappa shape index (κ1) is 14.9. The maximum Gasteiger partial charge on any atom is 0.211 e. The van der Waals surface area contributed by atoms with Crippen LogP contribution >= 0.6 is 0 Å². The van der Waals surface area contributed by atoms with E-state index >= 15 is 0 Å². The lowest BCUT2D eigenvalue weighted by atomic mass is 9.64. The summed E-state index contributed by atoms with van der Waals surface area (Å²) in [6.07, 6.45) is 6.42. The molecule has 0 bridgehead atoms. The van der Waals surface area contributed by atoms with Gasteiger partial charge in [-0.05, 0) is 31.6 Å². The summed E-state index contributed by atoms with van der Waals surface area (Å²) in [4.78, 5) is 12.4. The summed E-state index contributed by atoms with van der Waals surface area (Å²) >= 11 is 0. The largest absolute Gasteiger partial charge is 0.329 e. The summed E-state index contributed by atoms with van der Waals surface area (Å²) in [7, 11) is -3.13. The van der Waals surface area contributed by atoms with Gasteiger partial charge < -0.3 is 5.73 Å². The van der Waals surface area contributed by atoms with Gasteiger partial charge in [-0.25, -0.2) is 12.7 Å². The first-order chi connectivity index (χ1) is 8.87. The molecule has 2 fully saturated rings. The van der Waals surface area contributed by atoms with E-state index < -0.39 is 10.0 Å². The van der Waals surface area contributed by atoms with Crippen molar-refractivity contribution in [3.05, 3.63) is 0 Å². The molecule has 0 aromatic heterocycles. The Bertz CT molecular complexity index is 437. The maximum atomic E-state index is 12.4. The molecule has 6 heteroatoms. The van der Waals surface area contributed by atoms with E-state index in [1.54, 1.807) is 0 Å². The zero-order valence-corrected chi connectivity index (χ0v) is 12.4. The third-order valence-electron chi connectivity index (χ3n) is 4.72. The van der Waals surface area contributed by atoms with Crippen molar-refractivity contribution in [1.29, 1.82) is 0 Å².